The summed E-state index contributed by atoms with van der Waals surface area (Å²) in [5.74, 6) is 0.554. The third-order valence-corrected chi connectivity index (χ3v) is 6.63. The Bertz CT molecular complexity index is 1150. The average Bonchev–Trinajstić information content (AvgIpc) is 3.17. The van der Waals surface area contributed by atoms with Crippen LogP contribution in [0.15, 0.2) is 47.6 Å². The van der Waals surface area contributed by atoms with Crippen LogP contribution in [0.3, 0.4) is 0 Å². The molecule has 0 bridgehead atoms. The molecule has 33 heavy (non-hydrogen) atoms. The van der Waals surface area contributed by atoms with E-state index < -0.39 is 0 Å². The molecule has 3 rings (SSSR count). The fourth-order valence-corrected chi connectivity index (χ4v) is 4.41. The van der Waals surface area contributed by atoms with Crippen LogP contribution in [0, 0.1) is 0 Å². The van der Waals surface area contributed by atoms with Crippen molar-refractivity contribution in [2.45, 2.75) is 44.8 Å². The summed E-state index contributed by atoms with van der Waals surface area (Å²) in [6.07, 6.45) is 0.0121. The second kappa shape index (κ2) is 11.5. The summed E-state index contributed by atoms with van der Waals surface area (Å²) in [6.45, 7) is 6.66. The summed E-state index contributed by atoms with van der Waals surface area (Å²) in [5, 5.41) is 15.3. The first kappa shape index (κ1) is 25.1. The lowest BCUT2D eigenvalue weighted by molar-refractivity contribution is -0.116. The summed E-state index contributed by atoms with van der Waals surface area (Å²) in [5.41, 5.74) is 2.33. The summed E-state index contributed by atoms with van der Waals surface area (Å²) in [4.78, 5) is 25.0. The van der Waals surface area contributed by atoms with E-state index in [4.69, 9.17) is 23.2 Å². The van der Waals surface area contributed by atoms with E-state index in [1.807, 2.05) is 35.8 Å². The number of benzene rings is 2. The minimum absolute atomic E-state index is 0.0121. The Labute approximate surface area is 207 Å². The molecule has 0 saturated heterocycles. The number of nitrogens with one attached hydrogen (secondary N) is 2. The molecule has 2 aromatic carbocycles. The van der Waals surface area contributed by atoms with Crippen molar-refractivity contribution in [1.29, 1.82) is 0 Å². The van der Waals surface area contributed by atoms with E-state index in [0.717, 1.165) is 11.3 Å². The fraction of sp³-hybridized carbons (Fsp3) is 0.304. The molecule has 1 heterocycles. The van der Waals surface area contributed by atoms with Gasteiger partial charge in [0.1, 0.15) is 5.82 Å². The van der Waals surface area contributed by atoms with Gasteiger partial charge in [0.05, 0.1) is 27.9 Å². The molecule has 0 aliphatic rings. The second-order valence-electron chi connectivity index (χ2n) is 7.55. The van der Waals surface area contributed by atoms with Gasteiger partial charge in [0, 0.05) is 12.2 Å². The van der Waals surface area contributed by atoms with Gasteiger partial charge in [-0.1, -0.05) is 73.1 Å². The number of amides is 2. The van der Waals surface area contributed by atoms with Gasteiger partial charge in [-0.25, -0.2) is 0 Å². The molecule has 10 heteroatoms. The van der Waals surface area contributed by atoms with Crippen LogP contribution in [0.5, 0.6) is 0 Å². The zero-order valence-electron chi connectivity index (χ0n) is 18.6. The van der Waals surface area contributed by atoms with E-state index in [9.17, 15) is 9.59 Å². The van der Waals surface area contributed by atoms with Crippen LogP contribution in [0.1, 0.15) is 38.1 Å². The molecule has 2 N–H and O–H groups in total. The van der Waals surface area contributed by atoms with E-state index in [1.54, 1.807) is 18.2 Å². The molecule has 3 aromatic rings. The highest BCUT2D eigenvalue weighted by Crippen LogP contribution is 2.29. The Hall–Kier alpha value is -2.55. The van der Waals surface area contributed by atoms with Gasteiger partial charge >= 0.3 is 0 Å². The first-order chi connectivity index (χ1) is 15.8. The maximum absolute atomic E-state index is 12.5. The number of aromatic nitrogens is 3. The van der Waals surface area contributed by atoms with Gasteiger partial charge in [0.15, 0.2) is 5.16 Å². The molecular weight excluding hydrogens is 481 g/mol. The number of hydrogen-bond acceptors (Lipinski definition) is 5. The highest BCUT2D eigenvalue weighted by Gasteiger charge is 2.17. The molecule has 0 saturated carbocycles. The zero-order chi connectivity index (χ0) is 24.0. The van der Waals surface area contributed by atoms with Crippen molar-refractivity contribution in [2.24, 2.45) is 0 Å². The molecule has 2 amide bonds. The minimum Gasteiger partial charge on any atom is -0.325 e. The Balaban J connectivity index is 1.62. The van der Waals surface area contributed by atoms with Crippen LogP contribution in [-0.2, 0) is 22.6 Å². The number of hydrogen-bond donors (Lipinski definition) is 2. The third kappa shape index (κ3) is 6.50. The van der Waals surface area contributed by atoms with Gasteiger partial charge in [0.25, 0.3) is 0 Å². The van der Waals surface area contributed by atoms with Crippen LogP contribution in [0.2, 0.25) is 10.0 Å². The van der Waals surface area contributed by atoms with E-state index in [2.05, 4.69) is 34.7 Å². The first-order valence-electron chi connectivity index (χ1n) is 10.5. The lowest BCUT2D eigenvalue weighted by Crippen LogP contribution is -2.18. The molecule has 1 aromatic heterocycles. The topological polar surface area (TPSA) is 88.9 Å². The predicted molar refractivity (Wildman–Crippen MR) is 134 cm³/mol. The summed E-state index contributed by atoms with van der Waals surface area (Å²) < 4.78 is 1.82. The fourth-order valence-electron chi connectivity index (χ4n) is 3.24. The Kier molecular flexibility index (Phi) is 8.77. The molecule has 0 aliphatic carbocycles. The number of nitrogens with zero attached hydrogens (tertiary/aromatic N) is 3. The van der Waals surface area contributed by atoms with E-state index in [0.29, 0.717) is 34.2 Å². The number of carbonyl (C=O) groups is 2. The maximum Gasteiger partial charge on any atom is 0.234 e. The van der Waals surface area contributed by atoms with Gasteiger partial charge in [-0.2, -0.15) is 0 Å². The van der Waals surface area contributed by atoms with Crippen molar-refractivity contribution < 1.29 is 9.59 Å². The molecule has 0 fully saturated rings. The van der Waals surface area contributed by atoms with Gasteiger partial charge in [-0.05, 0) is 36.6 Å². The highest BCUT2D eigenvalue weighted by molar-refractivity contribution is 7.99. The summed E-state index contributed by atoms with van der Waals surface area (Å²) in [6, 6.07) is 12.8. The third-order valence-electron chi connectivity index (χ3n) is 4.84. The number of thioether (sulfide) groups is 1. The van der Waals surface area contributed by atoms with Gasteiger partial charge in [-0.15, -0.1) is 10.2 Å². The molecule has 0 unspecified atom stereocenters. The molecule has 0 spiro atoms. The van der Waals surface area contributed by atoms with Crippen LogP contribution in [0.25, 0.3) is 0 Å². The predicted octanol–water partition coefficient (Wildman–Crippen LogP) is 5.64. The van der Waals surface area contributed by atoms with Gasteiger partial charge < -0.3 is 15.2 Å². The Morgan fingerprint density at radius 1 is 1.00 bits per heavy atom. The first-order valence-corrected chi connectivity index (χ1v) is 12.2. The normalized spacial score (nSPS) is 11.0. The monoisotopic (exact) mass is 505 g/mol. The Morgan fingerprint density at radius 2 is 1.70 bits per heavy atom. The number of para-hydroxylation sites is 1. The largest absolute Gasteiger partial charge is 0.325 e. The van der Waals surface area contributed by atoms with Crippen LogP contribution < -0.4 is 10.6 Å². The molecule has 0 atom stereocenters. The number of carbonyl (C=O) groups excluding carboxylic acids is 2. The number of anilines is 2. The van der Waals surface area contributed by atoms with Crippen LogP contribution in [-0.4, -0.2) is 32.3 Å². The molecule has 7 nitrogen and oxygen atoms in total. The molecular formula is C23H25Cl2N5O2S. The molecule has 0 aliphatic heterocycles. The Morgan fingerprint density at radius 3 is 2.42 bits per heavy atom. The van der Waals surface area contributed by atoms with Crippen molar-refractivity contribution in [3.63, 3.8) is 0 Å². The maximum atomic E-state index is 12.5. The standard InChI is InChI=1S/C23H25Cl2N5O2S/c1-4-30-19(12-20(31)27-18-11-7-9-16(24)22(18)25)28-29-23(30)33-13-21(32)26-17-10-6-5-8-15(17)14(2)3/h5-11,14H,4,12-13H2,1-3H3,(H,26,32)(H,27,31). The van der Waals surface area contributed by atoms with Gasteiger partial charge in [0.2, 0.25) is 11.8 Å². The van der Waals surface area contributed by atoms with Crippen LogP contribution >= 0.6 is 35.0 Å². The van der Waals surface area contributed by atoms with Crippen LogP contribution in [0.4, 0.5) is 11.4 Å². The lowest BCUT2D eigenvalue weighted by Gasteiger charge is -2.13. The van der Waals surface area contributed by atoms with Crippen molar-refractivity contribution in [3.8, 4) is 0 Å². The lowest BCUT2D eigenvalue weighted by atomic mass is 10.0. The molecule has 0 radical (unpaired) electrons. The van der Waals surface area contributed by atoms with Crippen molar-refractivity contribution in [1.82, 2.24) is 14.8 Å². The SMILES string of the molecule is CCn1c(CC(=O)Nc2cccc(Cl)c2Cl)nnc1SCC(=O)Nc1ccccc1C(C)C. The van der Waals surface area contributed by atoms with Crippen molar-refractivity contribution >= 4 is 58.2 Å². The number of halogens is 2. The quantitative estimate of drug-likeness (QED) is 0.367. The zero-order valence-corrected chi connectivity index (χ0v) is 20.9. The highest BCUT2D eigenvalue weighted by atomic mass is 35.5. The molecule has 174 valence electrons. The average molecular weight is 506 g/mol. The number of rotatable bonds is 9. The van der Waals surface area contributed by atoms with Crippen molar-refractivity contribution in [3.05, 3.63) is 63.9 Å². The van der Waals surface area contributed by atoms with Crippen molar-refractivity contribution in [2.75, 3.05) is 16.4 Å². The van der Waals surface area contributed by atoms with E-state index in [-0.39, 0.29) is 29.0 Å². The van der Waals surface area contributed by atoms with Gasteiger partial charge in [-0.3, -0.25) is 9.59 Å². The van der Waals surface area contributed by atoms with E-state index in [1.165, 1.54) is 11.8 Å². The smallest absolute Gasteiger partial charge is 0.234 e. The minimum atomic E-state index is -0.291. The second-order valence-corrected chi connectivity index (χ2v) is 9.28. The summed E-state index contributed by atoms with van der Waals surface area (Å²) in [7, 11) is 0. The summed E-state index contributed by atoms with van der Waals surface area (Å²) >= 11 is 13.4. The van der Waals surface area contributed by atoms with E-state index >= 15 is 0 Å².